The molecule has 0 N–H and O–H groups in total. The molecule has 0 bridgehead atoms. The molecule has 1 fully saturated rings. The van der Waals surface area contributed by atoms with E-state index in [0.29, 0.717) is 19.7 Å². The molecule has 0 unspecified atom stereocenters. The highest BCUT2D eigenvalue weighted by Gasteiger charge is 2.32. The Labute approximate surface area is 151 Å². The molecule has 7 nitrogen and oxygen atoms in total. The Balaban J connectivity index is 1.59. The standard InChI is InChI=1S/C19H19N5O2/c25-19(18(24-14-20-21-22-24)16-9-5-2-6-10-16)23-11-12-26-17(13-23)15-7-3-1-4-8-15/h1-10,14,17-18H,11-13H2/t17-,18+/m1/s1. The van der Waals surface area contributed by atoms with Gasteiger partial charge in [-0.2, -0.15) is 0 Å². The summed E-state index contributed by atoms with van der Waals surface area (Å²) in [6.45, 7) is 1.56. The number of hydrogen-bond acceptors (Lipinski definition) is 5. The lowest BCUT2D eigenvalue weighted by atomic mass is 10.0. The van der Waals surface area contributed by atoms with Gasteiger partial charge in [0.15, 0.2) is 6.04 Å². The van der Waals surface area contributed by atoms with Gasteiger partial charge >= 0.3 is 0 Å². The van der Waals surface area contributed by atoms with Crippen molar-refractivity contribution in [2.24, 2.45) is 0 Å². The monoisotopic (exact) mass is 349 g/mol. The number of benzene rings is 2. The molecule has 2 aromatic carbocycles. The highest BCUT2D eigenvalue weighted by atomic mass is 16.5. The number of amides is 1. The number of rotatable bonds is 4. The molecule has 1 aliphatic heterocycles. The van der Waals surface area contributed by atoms with Gasteiger partial charge in [-0.3, -0.25) is 4.79 Å². The fourth-order valence-corrected chi connectivity index (χ4v) is 3.22. The minimum Gasteiger partial charge on any atom is -0.370 e. The van der Waals surface area contributed by atoms with Crippen molar-refractivity contribution in [1.82, 2.24) is 25.1 Å². The molecule has 4 rings (SSSR count). The van der Waals surface area contributed by atoms with Gasteiger partial charge in [-0.05, 0) is 21.6 Å². The predicted molar refractivity (Wildman–Crippen MR) is 94.1 cm³/mol. The number of carbonyl (C=O) groups is 1. The Morgan fingerprint density at radius 3 is 2.50 bits per heavy atom. The topological polar surface area (TPSA) is 73.1 Å². The summed E-state index contributed by atoms with van der Waals surface area (Å²) >= 11 is 0. The molecule has 0 aliphatic carbocycles. The van der Waals surface area contributed by atoms with Crippen LogP contribution in [0.25, 0.3) is 0 Å². The molecule has 3 aromatic rings. The first-order chi connectivity index (χ1) is 12.8. The van der Waals surface area contributed by atoms with Gasteiger partial charge in [0, 0.05) is 6.54 Å². The van der Waals surface area contributed by atoms with Gasteiger partial charge < -0.3 is 9.64 Å². The van der Waals surface area contributed by atoms with Gasteiger partial charge in [0.1, 0.15) is 12.4 Å². The lowest BCUT2D eigenvalue weighted by Gasteiger charge is -2.35. The maximum Gasteiger partial charge on any atom is 0.252 e. The molecule has 2 heterocycles. The maximum absolute atomic E-state index is 13.3. The first kappa shape index (κ1) is 16.4. The van der Waals surface area contributed by atoms with E-state index in [1.807, 2.05) is 65.6 Å². The predicted octanol–water partition coefficient (Wildman–Crippen LogP) is 1.86. The van der Waals surface area contributed by atoms with E-state index in [0.717, 1.165) is 11.1 Å². The molecule has 132 valence electrons. The van der Waals surface area contributed by atoms with E-state index in [2.05, 4.69) is 15.5 Å². The second kappa shape index (κ2) is 7.45. The van der Waals surface area contributed by atoms with Gasteiger partial charge in [-0.15, -0.1) is 5.10 Å². The Bertz CT molecular complexity index is 839. The molecule has 0 spiro atoms. The molecular weight excluding hydrogens is 330 g/mol. The van der Waals surface area contributed by atoms with Crippen molar-refractivity contribution in [2.45, 2.75) is 12.1 Å². The molecule has 2 atom stereocenters. The van der Waals surface area contributed by atoms with Crippen LogP contribution in [0, 0.1) is 0 Å². The molecule has 26 heavy (non-hydrogen) atoms. The summed E-state index contributed by atoms with van der Waals surface area (Å²) in [5, 5.41) is 11.4. The van der Waals surface area contributed by atoms with Gasteiger partial charge in [-0.1, -0.05) is 60.7 Å². The van der Waals surface area contributed by atoms with E-state index >= 15 is 0 Å². The van der Waals surface area contributed by atoms with Crippen LogP contribution in [0.3, 0.4) is 0 Å². The van der Waals surface area contributed by atoms with Crippen molar-refractivity contribution in [1.29, 1.82) is 0 Å². The van der Waals surface area contributed by atoms with Crippen LogP contribution in [0.5, 0.6) is 0 Å². The van der Waals surface area contributed by atoms with Crippen molar-refractivity contribution in [2.75, 3.05) is 19.7 Å². The molecule has 7 heteroatoms. The zero-order valence-corrected chi connectivity index (χ0v) is 14.2. The number of ether oxygens (including phenoxy) is 1. The molecule has 0 saturated carbocycles. The summed E-state index contributed by atoms with van der Waals surface area (Å²) in [7, 11) is 0. The summed E-state index contributed by atoms with van der Waals surface area (Å²) in [4.78, 5) is 15.2. The zero-order valence-electron chi connectivity index (χ0n) is 14.2. The normalized spacial score (nSPS) is 18.5. The van der Waals surface area contributed by atoms with Gasteiger partial charge in [-0.25, -0.2) is 4.68 Å². The van der Waals surface area contributed by atoms with Crippen LogP contribution in [0.2, 0.25) is 0 Å². The summed E-state index contributed by atoms with van der Waals surface area (Å²) in [6, 6.07) is 19.0. The number of nitrogens with zero attached hydrogens (tertiary/aromatic N) is 5. The summed E-state index contributed by atoms with van der Waals surface area (Å²) < 4.78 is 7.38. The van der Waals surface area contributed by atoms with E-state index in [4.69, 9.17) is 4.74 Å². The smallest absolute Gasteiger partial charge is 0.252 e. The first-order valence-corrected chi connectivity index (χ1v) is 8.55. The van der Waals surface area contributed by atoms with Crippen LogP contribution in [-0.2, 0) is 9.53 Å². The van der Waals surface area contributed by atoms with E-state index in [1.165, 1.54) is 11.0 Å². The van der Waals surface area contributed by atoms with E-state index in [9.17, 15) is 4.79 Å². The summed E-state index contributed by atoms with van der Waals surface area (Å²) in [5.74, 6) is -0.0345. The van der Waals surface area contributed by atoms with Crippen molar-refractivity contribution in [3.63, 3.8) is 0 Å². The summed E-state index contributed by atoms with van der Waals surface area (Å²) in [5.41, 5.74) is 1.93. The quantitative estimate of drug-likeness (QED) is 0.719. The fraction of sp³-hybridized carbons (Fsp3) is 0.263. The van der Waals surface area contributed by atoms with Crippen molar-refractivity contribution in [3.05, 3.63) is 78.1 Å². The second-order valence-electron chi connectivity index (χ2n) is 6.16. The lowest BCUT2D eigenvalue weighted by Crippen LogP contribution is -2.45. The largest absolute Gasteiger partial charge is 0.370 e. The van der Waals surface area contributed by atoms with Crippen LogP contribution in [0.15, 0.2) is 67.0 Å². The number of tetrazole rings is 1. The second-order valence-corrected chi connectivity index (χ2v) is 6.16. The zero-order chi connectivity index (χ0) is 17.8. The Kier molecular flexibility index (Phi) is 4.70. The third kappa shape index (κ3) is 3.34. The van der Waals surface area contributed by atoms with Crippen LogP contribution in [0.4, 0.5) is 0 Å². The minimum absolute atomic E-state index is 0.0345. The molecule has 1 saturated heterocycles. The Morgan fingerprint density at radius 2 is 1.81 bits per heavy atom. The number of carbonyl (C=O) groups excluding carboxylic acids is 1. The van der Waals surface area contributed by atoms with Crippen molar-refractivity contribution < 1.29 is 9.53 Å². The highest BCUT2D eigenvalue weighted by Crippen LogP contribution is 2.26. The molecule has 1 amide bonds. The number of hydrogen-bond donors (Lipinski definition) is 0. The van der Waals surface area contributed by atoms with Crippen LogP contribution in [-0.4, -0.2) is 50.7 Å². The fourth-order valence-electron chi connectivity index (χ4n) is 3.22. The maximum atomic E-state index is 13.3. The van der Waals surface area contributed by atoms with Crippen molar-refractivity contribution >= 4 is 5.91 Å². The third-order valence-corrected chi connectivity index (χ3v) is 4.53. The summed E-state index contributed by atoms with van der Waals surface area (Å²) in [6.07, 6.45) is 1.35. The van der Waals surface area contributed by atoms with Crippen molar-refractivity contribution in [3.8, 4) is 0 Å². The number of aromatic nitrogens is 4. The van der Waals surface area contributed by atoms with E-state index in [1.54, 1.807) is 0 Å². The average molecular weight is 349 g/mol. The average Bonchev–Trinajstić information content (AvgIpc) is 3.24. The van der Waals surface area contributed by atoms with E-state index < -0.39 is 6.04 Å². The van der Waals surface area contributed by atoms with E-state index in [-0.39, 0.29) is 12.0 Å². The molecule has 1 aromatic heterocycles. The van der Waals surface area contributed by atoms with Crippen LogP contribution >= 0.6 is 0 Å². The minimum atomic E-state index is -0.583. The van der Waals surface area contributed by atoms with Gasteiger partial charge in [0.2, 0.25) is 0 Å². The lowest BCUT2D eigenvalue weighted by molar-refractivity contribution is -0.141. The van der Waals surface area contributed by atoms with Crippen LogP contribution in [0.1, 0.15) is 23.3 Å². The molecule has 0 radical (unpaired) electrons. The molecule has 1 aliphatic rings. The Morgan fingerprint density at radius 1 is 1.08 bits per heavy atom. The Hall–Kier alpha value is -3.06. The first-order valence-electron chi connectivity index (χ1n) is 8.55. The SMILES string of the molecule is O=C([C@H](c1ccccc1)n1cnnn1)N1CCO[C@@H](c2ccccc2)C1. The molecular formula is C19H19N5O2. The van der Waals surface area contributed by atoms with Crippen LogP contribution < -0.4 is 0 Å². The third-order valence-electron chi connectivity index (χ3n) is 4.53. The number of morpholine rings is 1. The van der Waals surface area contributed by atoms with Gasteiger partial charge in [0.25, 0.3) is 5.91 Å². The van der Waals surface area contributed by atoms with Gasteiger partial charge in [0.05, 0.1) is 13.2 Å². The highest BCUT2D eigenvalue weighted by molar-refractivity contribution is 5.83.